The van der Waals surface area contributed by atoms with Crippen molar-refractivity contribution in [2.75, 3.05) is 30.2 Å². The lowest BCUT2D eigenvalue weighted by molar-refractivity contribution is 0.0530. The summed E-state index contributed by atoms with van der Waals surface area (Å²) >= 11 is 0. The van der Waals surface area contributed by atoms with Crippen LogP contribution in [0.1, 0.15) is 20.8 Å². The first-order valence-corrected chi connectivity index (χ1v) is 12.7. The maximum atomic E-state index is 14.3. The number of ether oxygens (including phenoxy) is 2. The highest BCUT2D eigenvalue weighted by Gasteiger charge is 2.22. The number of carbonyl (C=O) groups excluding carboxylic acids is 1. The minimum Gasteiger partial charge on any atom is -0.495 e. The first-order chi connectivity index (χ1) is 17.0. The second kappa shape index (κ2) is 11.3. The van der Waals surface area contributed by atoms with Crippen molar-refractivity contribution < 1.29 is 27.1 Å². The van der Waals surface area contributed by atoms with Gasteiger partial charge in [0.05, 0.1) is 12.8 Å². The van der Waals surface area contributed by atoms with E-state index in [4.69, 9.17) is 9.47 Å². The fraction of sp³-hybridized carbons (Fsp3) is 0.269. The Bertz CT molecular complexity index is 1320. The van der Waals surface area contributed by atoms with E-state index < -0.39 is 27.5 Å². The van der Waals surface area contributed by atoms with Crippen molar-refractivity contribution >= 4 is 27.5 Å². The average Bonchev–Trinajstić information content (AvgIpc) is 2.81. The van der Waals surface area contributed by atoms with E-state index in [1.54, 1.807) is 69.3 Å². The van der Waals surface area contributed by atoms with Crippen molar-refractivity contribution in [3.8, 4) is 16.9 Å². The Morgan fingerprint density at radius 3 is 2.36 bits per heavy atom. The van der Waals surface area contributed by atoms with Crippen molar-refractivity contribution in [2.24, 2.45) is 0 Å². The van der Waals surface area contributed by atoms with E-state index in [2.05, 4.69) is 15.4 Å². The smallest absolute Gasteiger partial charge is 0.407 e. The molecule has 10 heteroatoms. The fourth-order valence-electron chi connectivity index (χ4n) is 3.34. The lowest BCUT2D eigenvalue weighted by Crippen LogP contribution is -2.34. The van der Waals surface area contributed by atoms with Gasteiger partial charge in [0.15, 0.2) is 0 Å². The summed E-state index contributed by atoms with van der Waals surface area (Å²) in [6.07, 6.45) is -0.516. The number of carbonyl (C=O) groups is 1. The third-order valence-corrected chi connectivity index (χ3v) is 6.28. The highest BCUT2D eigenvalue weighted by Crippen LogP contribution is 2.32. The zero-order valence-electron chi connectivity index (χ0n) is 20.6. The van der Waals surface area contributed by atoms with Crippen molar-refractivity contribution in [3.05, 3.63) is 72.5 Å². The second-order valence-corrected chi connectivity index (χ2v) is 10.5. The van der Waals surface area contributed by atoms with Gasteiger partial charge in [0.1, 0.15) is 22.1 Å². The molecule has 0 unspecified atom stereocenters. The molecule has 3 N–H and O–H groups in total. The Hall–Kier alpha value is -3.79. The highest BCUT2D eigenvalue weighted by molar-refractivity contribution is 7.92. The minimum atomic E-state index is -4.07. The number of hydrogen-bond donors (Lipinski definition) is 3. The van der Waals surface area contributed by atoms with Gasteiger partial charge in [0.2, 0.25) is 0 Å². The molecule has 0 saturated carbocycles. The number of methoxy groups -OCH3 is 1. The summed E-state index contributed by atoms with van der Waals surface area (Å²) in [7, 11) is -2.70. The van der Waals surface area contributed by atoms with Gasteiger partial charge in [-0.05, 0) is 62.7 Å². The largest absolute Gasteiger partial charge is 0.495 e. The summed E-state index contributed by atoms with van der Waals surface area (Å²) in [4.78, 5) is 11.6. The van der Waals surface area contributed by atoms with Crippen LogP contribution < -0.4 is 20.1 Å². The summed E-state index contributed by atoms with van der Waals surface area (Å²) in [5.74, 6) is -0.330. The maximum Gasteiger partial charge on any atom is 0.407 e. The molecule has 8 nitrogen and oxygen atoms in total. The number of sulfonamides is 1. The number of hydrogen-bond acceptors (Lipinski definition) is 6. The first-order valence-electron chi connectivity index (χ1n) is 11.2. The monoisotopic (exact) mass is 515 g/mol. The van der Waals surface area contributed by atoms with Gasteiger partial charge in [-0.25, -0.2) is 17.6 Å². The van der Waals surface area contributed by atoms with Crippen LogP contribution in [-0.4, -0.2) is 40.3 Å². The molecule has 0 radical (unpaired) electrons. The Labute approximate surface area is 210 Å². The third kappa shape index (κ3) is 7.35. The van der Waals surface area contributed by atoms with Crippen molar-refractivity contribution in [1.29, 1.82) is 0 Å². The normalized spacial score (nSPS) is 11.5. The van der Waals surface area contributed by atoms with Crippen LogP contribution in [0.2, 0.25) is 0 Å². The molecule has 3 aromatic rings. The van der Waals surface area contributed by atoms with Gasteiger partial charge in [-0.2, -0.15) is 0 Å². The molecule has 0 fully saturated rings. The summed E-state index contributed by atoms with van der Waals surface area (Å²) in [5, 5.41) is 5.76. The predicted octanol–water partition coefficient (Wildman–Crippen LogP) is 5.24. The van der Waals surface area contributed by atoms with Crippen LogP contribution in [0.15, 0.2) is 71.6 Å². The minimum absolute atomic E-state index is 0.120. The molecule has 0 heterocycles. The molecule has 0 aromatic heterocycles. The number of halogens is 1. The van der Waals surface area contributed by atoms with Crippen molar-refractivity contribution in [3.63, 3.8) is 0 Å². The van der Waals surface area contributed by atoms with E-state index >= 15 is 0 Å². The van der Waals surface area contributed by atoms with Crippen molar-refractivity contribution in [2.45, 2.75) is 31.3 Å². The predicted molar refractivity (Wildman–Crippen MR) is 138 cm³/mol. The molecule has 0 aliphatic carbocycles. The molecule has 1 amide bonds. The fourth-order valence-corrected chi connectivity index (χ4v) is 4.58. The topological polar surface area (TPSA) is 106 Å². The molecule has 3 rings (SSSR count). The summed E-state index contributed by atoms with van der Waals surface area (Å²) in [5.41, 5.74) is 1.07. The molecule has 0 spiro atoms. The molecule has 0 aliphatic rings. The average molecular weight is 516 g/mol. The van der Waals surface area contributed by atoms with Gasteiger partial charge in [0.25, 0.3) is 10.0 Å². The zero-order chi connectivity index (χ0) is 26.3. The van der Waals surface area contributed by atoms with Gasteiger partial charge >= 0.3 is 6.09 Å². The van der Waals surface area contributed by atoms with E-state index in [1.165, 1.54) is 25.3 Å². The van der Waals surface area contributed by atoms with Gasteiger partial charge in [-0.15, -0.1) is 0 Å². The Kier molecular flexibility index (Phi) is 8.41. The zero-order valence-corrected chi connectivity index (χ0v) is 21.4. The molecule has 0 saturated heterocycles. The molecule has 0 aliphatic heterocycles. The van der Waals surface area contributed by atoms with Crippen LogP contribution in [0, 0.1) is 5.82 Å². The molecular formula is C26H30FN3O5S. The Balaban J connectivity index is 1.72. The van der Waals surface area contributed by atoms with Crippen LogP contribution in [0.5, 0.6) is 5.75 Å². The van der Waals surface area contributed by atoms with Crippen LogP contribution in [0.3, 0.4) is 0 Å². The molecule has 36 heavy (non-hydrogen) atoms. The van der Waals surface area contributed by atoms with Gasteiger partial charge < -0.3 is 20.1 Å². The summed E-state index contributed by atoms with van der Waals surface area (Å²) in [6, 6.07) is 17.3. The standard InChI is InChI=1S/C26H30FN3O5S/c1-26(2,3)35-25(31)29-15-14-28-19-8-7-9-20(17-19)30-36(32,33)24-16-18(12-13-23(24)34-4)21-10-5-6-11-22(21)27/h5-13,16-17,28,30H,14-15H2,1-4H3,(H,29,31). The first kappa shape index (κ1) is 26.8. The maximum absolute atomic E-state index is 14.3. The van der Waals surface area contributed by atoms with E-state index in [0.717, 1.165) is 0 Å². The second-order valence-electron chi connectivity index (χ2n) is 8.89. The summed E-state index contributed by atoms with van der Waals surface area (Å²) < 4.78 is 53.8. The Morgan fingerprint density at radius 1 is 0.944 bits per heavy atom. The number of nitrogens with one attached hydrogen (secondary N) is 3. The van der Waals surface area contributed by atoms with Gasteiger partial charge in [-0.1, -0.05) is 30.3 Å². The van der Waals surface area contributed by atoms with Gasteiger partial charge in [-0.3, -0.25) is 4.72 Å². The number of anilines is 2. The lowest BCUT2D eigenvalue weighted by atomic mass is 10.1. The van der Waals surface area contributed by atoms with E-state index in [0.29, 0.717) is 30.0 Å². The molecular weight excluding hydrogens is 485 g/mol. The molecule has 192 valence electrons. The summed E-state index contributed by atoms with van der Waals surface area (Å²) in [6.45, 7) is 6.05. The van der Waals surface area contributed by atoms with E-state index in [9.17, 15) is 17.6 Å². The SMILES string of the molecule is COc1ccc(-c2ccccc2F)cc1S(=O)(=O)Nc1cccc(NCCNC(=O)OC(C)(C)C)c1. The quantitative estimate of drug-likeness (QED) is 0.337. The van der Waals surface area contributed by atoms with E-state index in [1.807, 2.05) is 0 Å². The lowest BCUT2D eigenvalue weighted by Gasteiger charge is -2.19. The highest BCUT2D eigenvalue weighted by atomic mass is 32.2. The van der Waals surface area contributed by atoms with Crippen molar-refractivity contribution in [1.82, 2.24) is 5.32 Å². The number of amides is 1. The molecule has 0 atom stereocenters. The third-order valence-electron chi connectivity index (χ3n) is 4.88. The van der Waals surface area contributed by atoms with Crippen LogP contribution in [-0.2, 0) is 14.8 Å². The van der Waals surface area contributed by atoms with Crippen LogP contribution in [0.25, 0.3) is 11.1 Å². The number of benzene rings is 3. The Morgan fingerprint density at radius 2 is 1.67 bits per heavy atom. The van der Waals surface area contributed by atoms with Gasteiger partial charge in [0, 0.05) is 24.3 Å². The van der Waals surface area contributed by atoms with Crippen LogP contribution >= 0.6 is 0 Å². The molecule has 3 aromatic carbocycles. The van der Waals surface area contributed by atoms with E-state index in [-0.39, 0.29) is 16.2 Å². The number of rotatable bonds is 9. The number of alkyl carbamates (subject to hydrolysis) is 1. The van der Waals surface area contributed by atoms with Crippen LogP contribution in [0.4, 0.5) is 20.6 Å². The molecule has 0 bridgehead atoms.